The van der Waals surface area contributed by atoms with Crippen molar-refractivity contribution in [2.24, 2.45) is 11.8 Å². The van der Waals surface area contributed by atoms with Gasteiger partial charge in [-0.05, 0) is 100.0 Å². The molecule has 2 aliphatic carbocycles. The van der Waals surface area contributed by atoms with Gasteiger partial charge in [0.05, 0.1) is 11.6 Å². The van der Waals surface area contributed by atoms with Crippen LogP contribution in [0.5, 0.6) is 0 Å². The van der Waals surface area contributed by atoms with Crippen molar-refractivity contribution in [3.05, 3.63) is 41.8 Å². The van der Waals surface area contributed by atoms with Gasteiger partial charge >= 0.3 is 0 Å². The van der Waals surface area contributed by atoms with E-state index in [0.29, 0.717) is 11.8 Å². The molecular formula is C24H31FN2O2. The molecule has 1 heterocycles. The number of halogens is 1. The molecule has 1 aromatic heterocycles. The first kappa shape index (κ1) is 20.3. The fourth-order valence-electron chi connectivity index (χ4n) is 5.22. The number of amides is 1. The molecule has 2 aliphatic rings. The molecule has 5 heteroatoms. The van der Waals surface area contributed by atoms with Gasteiger partial charge in [0.1, 0.15) is 5.82 Å². The molecule has 2 aromatic rings. The van der Waals surface area contributed by atoms with Crippen LogP contribution in [0.4, 0.5) is 4.39 Å². The number of fused-ring (bicyclic) bond motifs is 1. The van der Waals surface area contributed by atoms with E-state index in [0.717, 1.165) is 62.3 Å². The normalized spacial score (nSPS) is 28.8. The summed E-state index contributed by atoms with van der Waals surface area (Å²) in [6.07, 6.45) is 8.87. The molecule has 1 aromatic carbocycles. The lowest BCUT2D eigenvalue weighted by Crippen LogP contribution is -2.43. The van der Waals surface area contributed by atoms with Crippen LogP contribution >= 0.6 is 0 Å². The van der Waals surface area contributed by atoms with Crippen LogP contribution in [0.3, 0.4) is 0 Å². The van der Waals surface area contributed by atoms with Crippen LogP contribution in [-0.2, 0) is 4.79 Å². The highest BCUT2D eigenvalue weighted by Gasteiger charge is 2.30. The molecule has 4 nitrogen and oxygen atoms in total. The third kappa shape index (κ3) is 4.61. The minimum Gasteiger partial charge on any atom is -0.393 e. The molecule has 156 valence electrons. The number of nitrogens with one attached hydrogen (secondary N) is 1. The number of hydrogen-bond acceptors (Lipinski definition) is 3. The second-order valence-electron chi connectivity index (χ2n) is 8.98. The fourth-order valence-corrected chi connectivity index (χ4v) is 5.22. The minimum atomic E-state index is -0.232. The third-order valence-electron chi connectivity index (χ3n) is 7.09. The number of aromatic nitrogens is 1. The molecule has 2 saturated carbocycles. The summed E-state index contributed by atoms with van der Waals surface area (Å²) >= 11 is 0. The zero-order chi connectivity index (χ0) is 20.4. The maximum Gasteiger partial charge on any atom is 0.223 e. The molecule has 1 amide bonds. The van der Waals surface area contributed by atoms with Crippen molar-refractivity contribution in [2.45, 2.75) is 76.4 Å². The molecule has 4 rings (SSSR count). The molecule has 0 unspecified atom stereocenters. The molecule has 29 heavy (non-hydrogen) atoms. The fraction of sp³-hybridized carbons (Fsp3) is 0.583. The number of hydrogen-bond donors (Lipinski definition) is 2. The van der Waals surface area contributed by atoms with E-state index in [-0.39, 0.29) is 29.8 Å². The first-order chi connectivity index (χ1) is 14.0. The molecule has 2 fully saturated rings. The van der Waals surface area contributed by atoms with Gasteiger partial charge in [0.2, 0.25) is 5.91 Å². The van der Waals surface area contributed by atoms with Crippen molar-refractivity contribution in [3.63, 3.8) is 0 Å². The van der Waals surface area contributed by atoms with E-state index in [2.05, 4.69) is 17.2 Å². The monoisotopic (exact) mass is 398 g/mol. The summed E-state index contributed by atoms with van der Waals surface area (Å²) in [6, 6.07) is 7.03. The van der Waals surface area contributed by atoms with E-state index >= 15 is 0 Å². The van der Waals surface area contributed by atoms with Crippen LogP contribution in [0.25, 0.3) is 10.9 Å². The maximum absolute atomic E-state index is 13.8. The maximum atomic E-state index is 13.8. The van der Waals surface area contributed by atoms with Gasteiger partial charge in [-0.15, -0.1) is 0 Å². The standard InChI is InChI=1S/C24H31FN2O2/c1-15(27-24(29)18-6-9-20(28)10-7-18)16-2-4-17(5-3-16)21-12-13-26-23-11-8-19(25)14-22(21)23/h8,11-18,20,28H,2-7,9-10H2,1H3,(H,27,29)/t15-,16-,17+,18?,20?/m1/s1. The van der Waals surface area contributed by atoms with Crippen molar-refractivity contribution in [1.82, 2.24) is 10.3 Å². The minimum absolute atomic E-state index is 0.0512. The van der Waals surface area contributed by atoms with Gasteiger partial charge in [-0.2, -0.15) is 0 Å². The second-order valence-corrected chi connectivity index (χ2v) is 8.98. The number of pyridine rings is 1. The van der Waals surface area contributed by atoms with Crippen LogP contribution in [0.2, 0.25) is 0 Å². The molecular weight excluding hydrogens is 367 g/mol. The lowest BCUT2D eigenvalue weighted by molar-refractivity contribution is -0.127. The quantitative estimate of drug-likeness (QED) is 0.784. The Labute approximate surface area is 171 Å². The Morgan fingerprint density at radius 1 is 1.10 bits per heavy atom. The average molecular weight is 399 g/mol. The summed E-state index contributed by atoms with van der Waals surface area (Å²) in [5.74, 6) is 0.889. The molecule has 0 saturated heterocycles. The zero-order valence-corrected chi connectivity index (χ0v) is 17.1. The lowest BCUT2D eigenvalue weighted by atomic mass is 9.75. The highest BCUT2D eigenvalue weighted by molar-refractivity contribution is 5.82. The summed E-state index contributed by atoms with van der Waals surface area (Å²) in [5, 5.41) is 13.8. The number of carbonyl (C=O) groups is 1. The summed E-state index contributed by atoms with van der Waals surface area (Å²) in [7, 11) is 0. The topological polar surface area (TPSA) is 62.2 Å². The van der Waals surface area contributed by atoms with Crippen LogP contribution in [0.15, 0.2) is 30.5 Å². The van der Waals surface area contributed by atoms with Gasteiger partial charge in [-0.1, -0.05) is 0 Å². The van der Waals surface area contributed by atoms with E-state index < -0.39 is 0 Å². The summed E-state index contributed by atoms with van der Waals surface area (Å²) in [6.45, 7) is 2.12. The SMILES string of the molecule is C[C@@H](NC(=O)C1CCC(O)CC1)[C@H]1CC[C@@H](c2ccnc3ccc(F)cc32)CC1. The lowest BCUT2D eigenvalue weighted by Gasteiger charge is -2.34. The largest absolute Gasteiger partial charge is 0.393 e. The molecule has 0 radical (unpaired) electrons. The van der Waals surface area contributed by atoms with Crippen LogP contribution in [-0.4, -0.2) is 28.1 Å². The van der Waals surface area contributed by atoms with E-state index in [1.807, 2.05) is 12.3 Å². The number of nitrogens with zero attached hydrogens (tertiary/aromatic N) is 1. The predicted octanol–water partition coefficient (Wildman–Crippen LogP) is 4.70. The molecule has 0 bridgehead atoms. The van der Waals surface area contributed by atoms with Crippen LogP contribution in [0, 0.1) is 17.7 Å². The predicted molar refractivity (Wildman–Crippen MR) is 112 cm³/mol. The first-order valence-corrected chi connectivity index (χ1v) is 11.0. The van der Waals surface area contributed by atoms with Gasteiger partial charge in [0.25, 0.3) is 0 Å². The molecule has 1 atom stereocenters. The van der Waals surface area contributed by atoms with Crippen molar-refractivity contribution >= 4 is 16.8 Å². The van der Waals surface area contributed by atoms with Crippen molar-refractivity contribution < 1.29 is 14.3 Å². The average Bonchev–Trinajstić information content (AvgIpc) is 2.74. The van der Waals surface area contributed by atoms with Gasteiger partial charge in [-0.25, -0.2) is 4.39 Å². The Morgan fingerprint density at radius 3 is 2.55 bits per heavy atom. The Bertz CT molecular complexity index is 855. The summed E-state index contributed by atoms with van der Waals surface area (Å²) < 4.78 is 13.8. The van der Waals surface area contributed by atoms with Gasteiger partial charge < -0.3 is 10.4 Å². The number of aliphatic hydroxyl groups is 1. The number of aliphatic hydroxyl groups excluding tert-OH is 1. The van der Waals surface area contributed by atoms with E-state index in [9.17, 15) is 14.3 Å². The zero-order valence-electron chi connectivity index (χ0n) is 17.1. The summed E-state index contributed by atoms with van der Waals surface area (Å²) in [5.41, 5.74) is 2.05. The number of benzene rings is 1. The highest BCUT2D eigenvalue weighted by Crippen LogP contribution is 2.39. The Balaban J connectivity index is 1.35. The van der Waals surface area contributed by atoms with Gasteiger partial charge in [0.15, 0.2) is 0 Å². The molecule has 2 N–H and O–H groups in total. The van der Waals surface area contributed by atoms with Crippen molar-refractivity contribution in [3.8, 4) is 0 Å². The van der Waals surface area contributed by atoms with E-state index in [1.165, 1.54) is 11.6 Å². The number of rotatable bonds is 4. The molecule has 0 spiro atoms. The Morgan fingerprint density at radius 2 is 1.83 bits per heavy atom. The molecule has 0 aliphatic heterocycles. The third-order valence-corrected chi connectivity index (χ3v) is 7.09. The second kappa shape index (κ2) is 8.78. The number of carbonyl (C=O) groups excluding carboxylic acids is 1. The van der Waals surface area contributed by atoms with E-state index in [1.54, 1.807) is 12.1 Å². The highest BCUT2D eigenvalue weighted by atomic mass is 19.1. The van der Waals surface area contributed by atoms with Gasteiger partial charge in [0, 0.05) is 23.5 Å². The van der Waals surface area contributed by atoms with Crippen LogP contribution in [0.1, 0.15) is 69.8 Å². The van der Waals surface area contributed by atoms with E-state index in [4.69, 9.17) is 0 Å². The van der Waals surface area contributed by atoms with Crippen LogP contribution < -0.4 is 5.32 Å². The van der Waals surface area contributed by atoms with Gasteiger partial charge in [-0.3, -0.25) is 9.78 Å². The van der Waals surface area contributed by atoms with Crippen molar-refractivity contribution in [1.29, 1.82) is 0 Å². The Kier molecular flexibility index (Phi) is 6.14. The summed E-state index contributed by atoms with van der Waals surface area (Å²) in [4.78, 5) is 17.0. The first-order valence-electron chi connectivity index (χ1n) is 11.0. The van der Waals surface area contributed by atoms with Crippen molar-refractivity contribution in [2.75, 3.05) is 0 Å². The smallest absolute Gasteiger partial charge is 0.223 e. The Hall–Kier alpha value is -2.01.